The first kappa shape index (κ1) is 16.4. The molecule has 0 aromatic carbocycles. The van der Waals surface area contributed by atoms with E-state index >= 15 is 0 Å². The van der Waals surface area contributed by atoms with Gasteiger partial charge in [0.15, 0.2) is 0 Å². The number of amides is 1. The number of aromatic nitrogens is 1. The summed E-state index contributed by atoms with van der Waals surface area (Å²) in [5.74, 6) is 1.23. The molecule has 1 aliphatic carbocycles. The Bertz CT molecular complexity index is 445. The predicted octanol–water partition coefficient (Wildman–Crippen LogP) is 3.56. The SMILES string of the molecule is O=C(CCCCl)NC1CCC(Oc2ccc(Cl)cn2)CC1. The lowest BCUT2D eigenvalue weighted by molar-refractivity contribution is -0.122. The van der Waals surface area contributed by atoms with Crippen molar-refractivity contribution in [3.05, 3.63) is 23.4 Å². The third-order valence-corrected chi connectivity index (χ3v) is 4.06. The van der Waals surface area contributed by atoms with Gasteiger partial charge in [0, 0.05) is 30.6 Å². The lowest BCUT2D eigenvalue weighted by Crippen LogP contribution is -2.39. The fourth-order valence-electron chi connectivity index (χ4n) is 2.45. The van der Waals surface area contributed by atoms with Crippen LogP contribution in [0.1, 0.15) is 38.5 Å². The van der Waals surface area contributed by atoms with Crippen LogP contribution in [0, 0.1) is 0 Å². The van der Waals surface area contributed by atoms with E-state index in [0.29, 0.717) is 23.2 Å². The highest BCUT2D eigenvalue weighted by atomic mass is 35.5. The molecule has 4 nitrogen and oxygen atoms in total. The molecule has 1 heterocycles. The zero-order chi connectivity index (χ0) is 15.1. The van der Waals surface area contributed by atoms with Crippen molar-refractivity contribution in [2.75, 3.05) is 5.88 Å². The molecule has 6 heteroatoms. The van der Waals surface area contributed by atoms with Gasteiger partial charge in [-0.15, -0.1) is 11.6 Å². The lowest BCUT2D eigenvalue weighted by Gasteiger charge is -2.29. The summed E-state index contributed by atoms with van der Waals surface area (Å²) in [4.78, 5) is 15.8. The van der Waals surface area contributed by atoms with Crippen molar-refractivity contribution in [1.29, 1.82) is 0 Å². The van der Waals surface area contributed by atoms with Crippen molar-refractivity contribution in [2.45, 2.75) is 50.7 Å². The van der Waals surface area contributed by atoms with E-state index in [1.165, 1.54) is 0 Å². The van der Waals surface area contributed by atoms with E-state index in [4.69, 9.17) is 27.9 Å². The van der Waals surface area contributed by atoms with Gasteiger partial charge in [-0.3, -0.25) is 4.79 Å². The summed E-state index contributed by atoms with van der Waals surface area (Å²) in [6, 6.07) is 3.81. The van der Waals surface area contributed by atoms with Gasteiger partial charge in [-0.2, -0.15) is 0 Å². The maximum atomic E-state index is 11.7. The van der Waals surface area contributed by atoms with E-state index in [-0.39, 0.29) is 18.1 Å². The number of pyridine rings is 1. The van der Waals surface area contributed by atoms with Gasteiger partial charge in [0.1, 0.15) is 6.10 Å². The molecule has 116 valence electrons. The van der Waals surface area contributed by atoms with Gasteiger partial charge in [0.05, 0.1) is 5.02 Å². The number of carbonyl (C=O) groups is 1. The minimum Gasteiger partial charge on any atom is -0.474 e. The number of carbonyl (C=O) groups excluding carboxylic acids is 1. The van der Waals surface area contributed by atoms with Gasteiger partial charge in [-0.1, -0.05) is 11.6 Å². The van der Waals surface area contributed by atoms with Crippen LogP contribution in [-0.4, -0.2) is 28.9 Å². The fourth-order valence-corrected chi connectivity index (χ4v) is 2.70. The Morgan fingerprint density at radius 2 is 2.10 bits per heavy atom. The van der Waals surface area contributed by atoms with Crippen LogP contribution < -0.4 is 10.1 Å². The molecule has 0 bridgehead atoms. The molecule has 1 N–H and O–H groups in total. The molecule has 0 saturated heterocycles. The summed E-state index contributed by atoms with van der Waals surface area (Å²) in [5, 5.41) is 3.66. The molecule has 0 aliphatic heterocycles. The molecule has 1 aromatic heterocycles. The highest BCUT2D eigenvalue weighted by Crippen LogP contribution is 2.23. The molecular weight excluding hydrogens is 311 g/mol. The van der Waals surface area contributed by atoms with E-state index in [1.54, 1.807) is 18.3 Å². The summed E-state index contributed by atoms with van der Waals surface area (Å²) < 4.78 is 5.83. The standard InChI is InChI=1S/C15H20Cl2N2O2/c16-9-1-2-14(20)19-12-4-6-13(7-5-12)21-15-8-3-11(17)10-18-15/h3,8,10,12-13H,1-2,4-7,9H2,(H,19,20). The second-order valence-electron chi connectivity index (χ2n) is 5.27. The van der Waals surface area contributed by atoms with E-state index in [0.717, 1.165) is 32.1 Å². The molecule has 21 heavy (non-hydrogen) atoms. The second kappa shape index (κ2) is 8.44. The topological polar surface area (TPSA) is 51.2 Å². The Kier molecular flexibility index (Phi) is 6.58. The average molecular weight is 331 g/mol. The van der Waals surface area contributed by atoms with Crippen LogP contribution in [-0.2, 0) is 4.79 Å². The Labute approximate surface area is 135 Å². The largest absolute Gasteiger partial charge is 0.474 e. The summed E-state index contributed by atoms with van der Waals surface area (Å²) in [6.07, 6.45) is 6.70. The normalized spacial score (nSPS) is 21.8. The average Bonchev–Trinajstić information content (AvgIpc) is 2.49. The van der Waals surface area contributed by atoms with Crippen molar-refractivity contribution < 1.29 is 9.53 Å². The van der Waals surface area contributed by atoms with Gasteiger partial charge in [-0.25, -0.2) is 4.98 Å². The molecule has 0 radical (unpaired) electrons. The first-order valence-electron chi connectivity index (χ1n) is 7.31. The minimum atomic E-state index is 0.0967. The molecule has 0 atom stereocenters. The van der Waals surface area contributed by atoms with Crippen LogP contribution >= 0.6 is 23.2 Å². The van der Waals surface area contributed by atoms with Crippen molar-refractivity contribution in [2.24, 2.45) is 0 Å². The zero-order valence-corrected chi connectivity index (χ0v) is 13.4. The van der Waals surface area contributed by atoms with Gasteiger partial charge < -0.3 is 10.1 Å². The van der Waals surface area contributed by atoms with Crippen molar-refractivity contribution in [3.8, 4) is 5.88 Å². The van der Waals surface area contributed by atoms with Gasteiger partial charge in [0.2, 0.25) is 11.8 Å². The molecule has 2 rings (SSSR count). The number of hydrogen-bond acceptors (Lipinski definition) is 3. The number of halogens is 2. The Balaban J connectivity index is 1.70. The van der Waals surface area contributed by atoms with Crippen molar-refractivity contribution in [1.82, 2.24) is 10.3 Å². The molecule has 1 aromatic rings. The molecule has 0 spiro atoms. The number of nitrogens with zero attached hydrogens (tertiary/aromatic N) is 1. The fraction of sp³-hybridized carbons (Fsp3) is 0.600. The van der Waals surface area contributed by atoms with E-state index in [2.05, 4.69) is 10.3 Å². The van der Waals surface area contributed by atoms with E-state index < -0.39 is 0 Å². The maximum Gasteiger partial charge on any atom is 0.220 e. The van der Waals surface area contributed by atoms with Crippen LogP contribution in [0.3, 0.4) is 0 Å². The molecule has 1 aliphatic rings. The lowest BCUT2D eigenvalue weighted by atomic mass is 9.93. The van der Waals surface area contributed by atoms with Crippen LogP contribution in [0.2, 0.25) is 5.02 Å². The van der Waals surface area contributed by atoms with Crippen molar-refractivity contribution >= 4 is 29.1 Å². The quantitative estimate of drug-likeness (QED) is 0.811. The van der Waals surface area contributed by atoms with Crippen molar-refractivity contribution in [3.63, 3.8) is 0 Å². The Morgan fingerprint density at radius 1 is 1.33 bits per heavy atom. The monoisotopic (exact) mass is 330 g/mol. The minimum absolute atomic E-state index is 0.0967. The van der Waals surface area contributed by atoms with Gasteiger partial charge in [-0.05, 0) is 38.2 Å². The third kappa shape index (κ3) is 5.71. The highest BCUT2D eigenvalue weighted by Gasteiger charge is 2.23. The van der Waals surface area contributed by atoms with Gasteiger partial charge >= 0.3 is 0 Å². The Hall–Kier alpha value is -1.00. The number of nitrogens with one attached hydrogen (secondary N) is 1. The zero-order valence-electron chi connectivity index (χ0n) is 11.9. The van der Waals surface area contributed by atoms with Gasteiger partial charge in [0.25, 0.3) is 0 Å². The summed E-state index contributed by atoms with van der Waals surface area (Å²) >= 11 is 11.4. The third-order valence-electron chi connectivity index (χ3n) is 3.56. The second-order valence-corrected chi connectivity index (χ2v) is 6.08. The molecule has 0 unspecified atom stereocenters. The number of rotatable bonds is 6. The first-order valence-corrected chi connectivity index (χ1v) is 8.22. The molecule has 1 amide bonds. The first-order chi connectivity index (χ1) is 10.2. The number of ether oxygens (including phenoxy) is 1. The number of alkyl halides is 1. The molecule has 1 saturated carbocycles. The number of hydrogen-bond donors (Lipinski definition) is 1. The summed E-state index contributed by atoms with van der Waals surface area (Å²) in [5.41, 5.74) is 0. The van der Waals surface area contributed by atoms with Crippen LogP contribution in [0.25, 0.3) is 0 Å². The maximum absolute atomic E-state index is 11.7. The van der Waals surface area contributed by atoms with Crippen LogP contribution in [0.15, 0.2) is 18.3 Å². The summed E-state index contributed by atoms with van der Waals surface area (Å²) in [6.45, 7) is 0. The van der Waals surface area contributed by atoms with Crippen LogP contribution in [0.5, 0.6) is 5.88 Å². The summed E-state index contributed by atoms with van der Waals surface area (Å²) in [7, 11) is 0. The predicted molar refractivity (Wildman–Crippen MR) is 84.0 cm³/mol. The molecule has 1 fully saturated rings. The Morgan fingerprint density at radius 3 is 2.71 bits per heavy atom. The smallest absolute Gasteiger partial charge is 0.220 e. The highest BCUT2D eigenvalue weighted by molar-refractivity contribution is 6.30. The molecular formula is C15H20Cl2N2O2. The van der Waals surface area contributed by atoms with E-state index in [1.807, 2.05) is 0 Å². The van der Waals surface area contributed by atoms with Crippen LogP contribution in [0.4, 0.5) is 0 Å². The van der Waals surface area contributed by atoms with E-state index in [9.17, 15) is 4.79 Å².